The normalized spacial score (nSPS) is 20.4. The van der Waals surface area contributed by atoms with Gasteiger partial charge in [0.25, 0.3) is 0 Å². The van der Waals surface area contributed by atoms with Gasteiger partial charge in [0.2, 0.25) is 10.0 Å². The summed E-state index contributed by atoms with van der Waals surface area (Å²) in [6.07, 6.45) is 6.37. The van der Waals surface area contributed by atoms with Gasteiger partial charge in [-0.05, 0) is 55.4 Å². The van der Waals surface area contributed by atoms with Crippen molar-refractivity contribution in [1.29, 1.82) is 0 Å². The topological polar surface area (TPSA) is 72.2 Å². The molecule has 0 radical (unpaired) electrons. The second kappa shape index (κ2) is 5.34. The summed E-state index contributed by atoms with van der Waals surface area (Å²) >= 11 is 5.12. The van der Waals surface area contributed by atoms with Gasteiger partial charge in [-0.25, -0.2) is 8.42 Å². The van der Waals surface area contributed by atoms with Gasteiger partial charge < -0.3 is 5.73 Å². The predicted molar refractivity (Wildman–Crippen MR) is 86.8 cm³/mol. The van der Waals surface area contributed by atoms with Crippen LogP contribution in [0.15, 0.2) is 23.1 Å². The molecule has 3 rings (SSSR count). The Bertz CT molecular complexity index is 677. The van der Waals surface area contributed by atoms with Gasteiger partial charge in [-0.2, -0.15) is 4.72 Å². The maximum Gasteiger partial charge on any atom is 0.241 e. The molecule has 114 valence electrons. The monoisotopic (exact) mass is 324 g/mol. The van der Waals surface area contributed by atoms with Crippen molar-refractivity contribution in [3.8, 4) is 0 Å². The standard InChI is InChI=1S/C15H20N2O2S2/c16-14(20)15(8-1-2-9-15)17-21(18,19)13-7-6-11-4-3-5-12(11)10-13/h6-7,10,17H,1-5,8-9H2,(H2,16,20). The lowest BCUT2D eigenvalue weighted by atomic mass is 10.00. The molecule has 21 heavy (non-hydrogen) atoms. The highest BCUT2D eigenvalue weighted by molar-refractivity contribution is 7.89. The van der Waals surface area contributed by atoms with Gasteiger partial charge in [0.15, 0.2) is 0 Å². The van der Waals surface area contributed by atoms with Crippen LogP contribution in [0.3, 0.4) is 0 Å². The number of rotatable bonds is 4. The fourth-order valence-corrected chi connectivity index (χ4v) is 5.22. The van der Waals surface area contributed by atoms with Crippen LogP contribution in [-0.2, 0) is 22.9 Å². The first-order chi connectivity index (χ1) is 9.93. The second-order valence-electron chi connectivity index (χ2n) is 6.04. The molecule has 4 nitrogen and oxygen atoms in total. The van der Waals surface area contributed by atoms with Crippen LogP contribution in [0.1, 0.15) is 43.2 Å². The van der Waals surface area contributed by atoms with Crippen LogP contribution < -0.4 is 10.5 Å². The molecule has 0 heterocycles. The lowest BCUT2D eigenvalue weighted by Gasteiger charge is -2.28. The second-order valence-corrected chi connectivity index (χ2v) is 8.17. The van der Waals surface area contributed by atoms with Crippen molar-refractivity contribution < 1.29 is 8.42 Å². The summed E-state index contributed by atoms with van der Waals surface area (Å²) in [5.41, 5.74) is 7.48. The molecule has 0 unspecified atom stereocenters. The van der Waals surface area contributed by atoms with Crippen molar-refractivity contribution in [2.45, 2.75) is 55.4 Å². The molecule has 1 saturated carbocycles. The number of hydrogen-bond donors (Lipinski definition) is 2. The largest absolute Gasteiger partial charge is 0.392 e. The lowest BCUT2D eigenvalue weighted by Crippen LogP contribution is -2.54. The zero-order valence-corrected chi connectivity index (χ0v) is 13.5. The highest BCUT2D eigenvalue weighted by Gasteiger charge is 2.40. The Morgan fingerprint density at radius 3 is 2.48 bits per heavy atom. The van der Waals surface area contributed by atoms with E-state index in [1.165, 1.54) is 5.56 Å². The molecule has 0 amide bonds. The number of sulfonamides is 1. The smallest absolute Gasteiger partial charge is 0.241 e. The van der Waals surface area contributed by atoms with E-state index in [1.54, 1.807) is 12.1 Å². The lowest BCUT2D eigenvalue weighted by molar-refractivity contribution is 0.503. The minimum atomic E-state index is -3.59. The molecule has 2 aliphatic rings. The van der Waals surface area contributed by atoms with E-state index in [2.05, 4.69) is 4.72 Å². The van der Waals surface area contributed by atoms with E-state index in [9.17, 15) is 8.42 Å². The Kier molecular flexibility index (Phi) is 3.80. The summed E-state index contributed by atoms with van der Waals surface area (Å²) in [6.45, 7) is 0. The molecular formula is C15H20N2O2S2. The molecule has 1 aromatic carbocycles. The Hall–Kier alpha value is -0.980. The predicted octanol–water partition coefficient (Wildman–Crippen LogP) is 2.05. The van der Waals surface area contributed by atoms with E-state index in [4.69, 9.17) is 18.0 Å². The summed E-state index contributed by atoms with van der Waals surface area (Å²) in [6, 6.07) is 5.42. The maximum absolute atomic E-state index is 12.7. The molecule has 0 aliphatic heterocycles. The van der Waals surface area contributed by atoms with Gasteiger partial charge in [0, 0.05) is 0 Å². The Morgan fingerprint density at radius 2 is 1.81 bits per heavy atom. The van der Waals surface area contributed by atoms with Crippen LogP contribution in [0, 0.1) is 0 Å². The molecule has 1 fully saturated rings. The molecule has 2 aliphatic carbocycles. The summed E-state index contributed by atoms with van der Waals surface area (Å²) in [7, 11) is -3.59. The molecule has 0 spiro atoms. The number of hydrogen-bond acceptors (Lipinski definition) is 3. The Labute approximate surface area is 131 Å². The number of benzene rings is 1. The Balaban J connectivity index is 1.92. The van der Waals surface area contributed by atoms with Crippen LogP contribution >= 0.6 is 12.2 Å². The van der Waals surface area contributed by atoms with E-state index < -0.39 is 15.6 Å². The quantitative estimate of drug-likeness (QED) is 0.832. The highest BCUT2D eigenvalue weighted by Crippen LogP contribution is 2.32. The van der Waals surface area contributed by atoms with Crippen LogP contribution in [0.2, 0.25) is 0 Å². The number of nitrogens with two attached hydrogens (primary N) is 1. The summed E-state index contributed by atoms with van der Waals surface area (Å²) < 4.78 is 28.1. The van der Waals surface area contributed by atoms with Crippen molar-refractivity contribution >= 4 is 27.2 Å². The van der Waals surface area contributed by atoms with E-state index >= 15 is 0 Å². The van der Waals surface area contributed by atoms with Gasteiger partial charge >= 0.3 is 0 Å². The summed E-state index contributed by atoms with van der Waals surface area (Å²) in [4.78, 5) is 0.579. The first-order valence-corrected chi connectivity index (χ1v) is 9.28. The van der Waals surface area contributed by atoms with E-state index in [1.807, 2.05) is 6.07 Å². The minimum absolute atomic E-state index is 0.254. The SMILES string of the molecule is NC(=S)C1(NS(=O)(=O)c2ccc3c(c2)CCC3)CCCC1. The number of thiocarbonyl (C=S) groups is 1. The molecule has 6 heteroatoms. The third kappa shape index (κ3) is 2.72. The molecule has 0 bridgehead atoms. The van der Waals surface area contributed by atoms with Crippen LogP contribution in [0.4, 0.5) is 0 Å². The van der Waals surface area contributed by atoms with Gasteiger partial charge in [-0.3, -0.25) is 0 Å². The summed E-state index contributed by atoms with van der Waals surface area (Å²) in [5.74, 6) is 0. The fraction of sp³-hybridized carbons (Fsp3) is 0.533. The molecule has 0 saturated heterocycles. The molecular weight excluding hydrogens is 304 g/mol. The van der Waals surface area contributed by atoms with Crippen LogP contribution in [0.25, 0.3) is 0 Å². The summed E-state index contributed by atoms with van der Waals surface area (Å²) in [5, 5.41) is 0. The van der Waals surface area contributed by atoms with Crippen molar-refractivity contribution in [3.63, 3.8) is 0 Å². The molecule has 3 N–H and O–H groups in total. The zero-order valence-electron chi connectivity index (χ0n) is 11.9. The van der Waals surface area contributed by atoms with Crippen molar-refractivity contribution in [3.05, 3.63) is 29.3 Å². The third-order valence-electron chi connectivity index (χ3n) is 4.64. The van der Waals surface area contributed by atoms with E-state index in [0.29, 0.717) is 17.7 Å². The average molecular weight is 324 g/mol. The Morgan fingerprint density at radius 1 is 1.14 bits per heavy atom. The van der Waals surface area contributed by atoms with Crippen LogP contribution in [0.5, 0.6) is 0 Å². The zero-order chi connectivity index (χ0) is 15.1. The van der Waals surface area contributed by atoms with Gasteiger partial charge in [-0.15, -0.1) is 0 Å². The van der Waals surface area contributed by atoms with Gasteiger partial charge in [0.1, 0.15) is 0 Å². The fourth-order valence-electron chi connectivity index (χ4n) is 3.41. The number of aryl methyl sites for hydroxylation is 2. The van der Waals surface area contributed by atoms with Gasteiger partial charge in [-0.1, -0.05) is 31.1 Å². The van der Waals surface area contributed by atoms with E-state index in [0.717, 1.165) is 37.7 Å². The number of nitrogens with one attached hydrogen (secondary N) is 1. The third-order valence-corrected chi connectivity index (χ3v) is 6.56. The first kappa shape index (κ1) is 14.9. The molecule has 0 atom stereocenters. The first-order valence-electron chi connectivity index (χ1n) is 7.39. The maximum atomic E-state index is 12.7. The van der Waals surface area contributed by atoms with Crippen molar-refractivity contribution in [1.82, 2.24) is 4.72 Å². The van der Waals surface area contributed by atoms with Crippen LogP contribution in [-0.4, -0.2) is 18.9 Å². The number of fused-ring (bicyclic) bond motifs is 1. The van der Waals surface area contributed by atoms with E-state index in [-0.39, 0.29) is 4.99 Å². The molecule has 1 aromatic rings. The highest BCUT2D eigenvalue weighted by atomic mass is 32.2. The van der Waals surface area contributed by atoms with Gasteiger partial charge in [0.05, 0.1) is 15.4 Å². The average Bonchev–Trinajstić information content (AvgIpc) is 3.06. The van der Waals surface area contributed by atoms with Crippen molar-refractivity contribution in [2.24, 2.45) is 5.73 Å². The minimum Gasteiger partial charge on any atom is -0.392 e. The van der Waals surface area contributed by atoms with Crippen molar-refractivity contribution in [2.75, 3.05) is 0 Å². The molecule has 0 aromatic heterocycles.